The summed E-state index contributed by atoms with van der Waals surface area (Å²) < 4.78 is 5.05. The van der Waals surface area contributed by atoms with E-state index in [1.807, 2.05) is 12.1 Å². The van der Waals surface area contributed by atoms with Gasteiger partial charge in [-0.05, 0) is 11.5 Å². The average Bonchev–Trinajstić information content (AvgIpc) is 3.05. The minimum Gasteiger partial charge on any atom is -0.481 e. The first-order chi connectivity index (χ1) is 11.1. The number of methoxy groups -OCH3 is 1. The summed E-state index contributed by atoms with van der Waals surface area (Å²) in [6.45, 7) is 5.61. The van der Waals surface area contributed by atoms with Gasteiger partial charge in [0.25, 0.3) is 0 Å². The molecular formula is C16H24IN5OS. The second-order valence-corrected chi connectivity index (χ2v) is 6.25. The number of nitrogens with one attached hydrogen (secondary N) is 2. The van der Waals surface area contributed by atoms with Gasteiger partial charge in [-0.2, -0.15) is 0 Å². The average molecular weight is 461 g/mol. The van der Waals surface area contributed by atoms with Gasteiger partial charge in [0.2, 0.25) is 5.88 Å². The monoisotopic (exact) mass is 461 g/mol. The van der Waals surface area contributed by atoms with Gasteiger partial charge in [0.15, 0.2) is 5.96 Å². The smallest absolute Gasteiger partial charge is 0.212 e. The van der Waals surface area contributed by atoms with Gasteiger partial charge in [-0.25, -0.2) is 9.97 Å². The standard InChI is InChI=1S/C16H23N5OS.HI/c1-11(2)13-10-23-15(21-13)9-20-16(17-3)19-8-12-5-6-14(22-4)18-7-12;/h5-7,10-11H,8-9H2,1-4H3,(H2,17,19,20);1H. The van der Waals surface area contributed by atoms with Crippen molar-refractivity contribution in [2.45, 2.75) is 32.9 Å². The lowest BCUT2D eigenvalue weighted by Crippen LogP contribution is -2.36. The van der Waals surface area contributed by atoms with Gasteiger partial charge in [0.05, 0.1) is 19.3 Å². The number of hydrogen-bond acceptors (Lipinski definition) is 5. The first-order valence-electron chi connectivity index (χ1n) is 7.50. The van der Waals surface area contributed by atoms with Crippen molar-refractivity contribution in [3.05, 3.63) is 40.0 Å². The topological polar surface area (TPSA) is 71.4 Å². The molecule has 0 spiro atoms. The first-order valence-corrected chi connectivity index (χ1v) is 8.38. The highest BCUT2D eigenvalue weighted by Crippen LogP contribution is 2.17. The van der Waals surface area contributed by atoms with Crippen molar-refractivity contribution < 1.29 is 4.74 Å². The number of hydrogen-bond donors (Lipinski definition) is 2. The molecule has 0 atom stereocenters. The van der Waals surface area contributed by atoms with E-state index >= 15 is 0 Å². The van der Waals surface area contributed by atoms with E-state index in [4.69, 9.17) is 4.74 Å². The molecule has 0 aliphatic rings. The summed E-state index contributed by atoms with van der Waals surface area (Å²) in [6.07, 6.45) is 1.79. The second-order valence-electron chi connectivity index (χ2n) is 5.31. The molecule has 0 amide bonds. The van der Waals surface area contributed by atoms with Crippen LogP contribution >= 0.6 is 35.3 Å². The van der Waals surface area contributed by atoms with Crippen LogP contribution in [0.25, 0.3) is 0 Å². The summed E-state index contributed by atoms with van der Waals surface area (Å²) in [6, 6.07) is 3.82. The summed E-state index contributed by atoms with van der Waals surface area (Å²) in [7, 11) is 3.36. The molecular weight excluding hydrogens is 437 g/mol. The van der Waals surface area contributed by atoms with Crippen LogP contribution in [0.1, 0.15) is 36.0 Å². The second kappa shape index (κ2) is 10.4. The normalized spacial score (nSPS) is 11.1. The van der Waals surface area contributed by atoms with E-state index in [0.717, 1.165) is 22.2 Å². The summed E-state index contributed by atoms with van der Waals surface area (Å²) in [5, 5.41) is 9.70. The lowest BCUT2D eigenvalue weighted by atomic mass is 10.2. The summed E-state index contributed by atoms with van der Waals surface area (Å²) in [5.74, 6) is 1.81. The number of halogens is 1. The van der Waals surface area contributed by atoms with Crippen molar-refractivity contribution in [2.24, 2.45) is 4.99 Å². The molecule has 0 radical (unpaired) electrons. The Morgan fingerprint density at radius 3 is 2.58 bits per heavy atom. The number of ether oxygens (including phenoxy) is 1. The zero-order valence-corrected chi connectivity index (χ0v) is 17.5. The van der Waals surface area contributed by atoms with Crippen LogP contribution in [0.4, 0.5) is 0 Å². The number of rotatable bonds is 6. The zero-order valence-electron chi connectivity index (χ0n) is 14.4. The summed E-state index contributed by atoms with van der Waals surface area (Å²) in [5.41, 5.74) is 2.20. The van der Waals surface area contributed by atoms with Crippen LogP contribution in [0.3, 0.4) is 0 Å². The van der Waals surface area contributed by atoms with Gasteiger partial charge in [0.1, 0.15) is 5.01 Å². The molecule has 6 nitrogen and oxygen atoms in total. The molecule has 0 aromatic carbocycles. The van der Waals surface area contributed by atoms with Crippen LogP contribution in [0.5, 0.6) is 5.88 Å². The Morgan fingerprint density at radius 2 is 2.04 bits per heavy atom. The van der Waals surface area contributed by atoms with E-state index < -0.39 is 0 Å². The van der Waals surface area contributed by atoms with Crippen molar-refractivity contribution in [2.75, 3.05) is 14.2 Å². The van der Waals surface area contributed by atoms with E-state index in [1.54, 1.807) is 31.7 Å². The highest BCUT2D eigenvalue weighted by molar-refractivity contribution is 14.0. The summed E-state index contributed by atoms with van der Waals surface area (Å²) >= 11 is 1.67. The molecule has 24 heavy (non-hydrogen) atoms. The molecule has 0 fully saturated rings. The third kappa shape index (κ3) is 6.23. The van der Waals surface area contributed by atoms with E-state index in [1.165, 1.54) is 0 Å². The van der Waals surface area contributed by atoms with Crippen molar-refractivity contribution in [3.8, 4) is 5.88 Å². The molecule has 2 aromatic rings. The predicted octanol–water partition coefficient (Wildman–Crippen LogP) is 3.15. The van der Waals surface area contributed by atoms with Crippen LogP contribution in [-0.4, -0.2) is 30.1 Å². The number of nitrogens with zero attached hydrogens (tertiary/aromatic N) is 3. The van der Waals surface area contributed by atoms with Crippen molar-refractivity contribution in [1.29, 1.82) is 0 Å². The molecule has 0 aliphatic carbocycles. The van der Waals surface area contributed by atoms with Crippen LogP contribution in [0, 0.1) is 0 Å². The van der Waals surface area contributed by atoms with Gasteiger partial charge >= 0.3 is 0 Å². The fourth-order valence-electron chi connectivity index (χ4n) is 1.87. The highest BCUT2D eigenvalue weighted by atomic mass is 127. The molecule has 0 saturated carbocycles. The molecule has 0 unspecified atom stereocenters. The number of guanidine groups is 1. The lowest BCUT2D eigenvalue weighted by molar-refractivity contribution is 0.397. The maximum absolute atomic E-state index is 5.05. The molecule has 2 rings (SSSR count). The van der Waals surface area contributed by atoms with Crippen molar-refractivity contribution in [1.82, 2.24) is 20.6 Å². The minimum atomic E-state index is 0. The Hall–Kier alpha value is -1.42. The largest absolute Gasteiger partial charge is 0.481 e. The summed E-state index contributed by atoms with van der Waals surface area (Å²) in [4.78, 5) is 13.0. The molecule has 0 saturated heterocycles. The van der Waals surface area contributed by atoms with Gasteiger partial charge in [0, 0.05) is 31.2 Å². The third-order valence-electron chi connectivity index (χ3n) is 3.26. The zero-order chi connectivity index (χ0) is 16.7. The molecule has 0 aliphatic heterocycles. The van der Waals surface area contributed by atoms with Crippen LogP contribution in [0.15, 0.2) is 28.7 Å². The van der Waals surface area contributed by atoms with E-state index in [2.05, 4.69) is 44.8 Å². The molecule has 8 heteroatoms. The lowest BCUT2D eigenvalue weighted by Gasteiger charge is -2.11. The third-order valence-corrected chi connectivity index (χ3v) is 4.13. The molecule has 0 bridgehead atoms. The number of aliphatic imine (C=N–C) groups is 1. The quantitative estimate of drug-likeness (QED) is 0.393. The number of pyridine rings is 1. The van der Waals surface area contributed by atoms with Gasteiger partial charge in [-0.15, -0.1) is 35.3 Å². The fourth-order valence-corrected chi connectivity index (χ4v) is 2.77. The van der Waals surface area contributed by atoms with Crippen LogP contribution in [-0.2, 0) is 13.1 Å². The SMILES string of the molecule is CN=C(NCc1ccc(OC)nc1)NCc1nc(C(C)C)cs1.I. The Kier molecular flexibility index (Phi) is 8.98. The predicted molar refractivity (Wildman–Crippen MR) is 109 cm³/mol. The molecule has 2 heterocycles. The first kappa shape index (κ1) is 20.6. The van der Waals surface area contributed by atoms with Crippen molar-refractivity contribution in [3.63, 3.8) is 0 Å². The Labute approximate surface area is 164 Å². The molecule has 2 N–H and O–H groups in total. The van der Waals surface area contributed by atoms with Gasteiger partial charge in [-0.3, -0.25) is 4.99 Å². The number of aromatic nitrogens is 2. The molecule has 132 valence electrons. The van der Waals surface area contributed by atoms with Gasteiger partial charge < -0.3 is 15.4 Å². The van der Waals surface area contributed by atoms with Crippen LogP contribution in [0.2, 0.25) is 0 Å². The fraction of sp³-hybridized carbons (Fsp3) is 0.438. The Bertz CT molecular complexity index is 642. The maximum atomic E-state index is 5.05. The minimum absolute atomic E-state index is 0. The number of thiazole rings is 1. The Balaban J connectivity index is 0.00000288. The van der Waals surface area contributed by atoms with Crippen molar-refractivity contribution >= 4 is 41.3 Å². The Morgan fingerprint density at radius 1 is 1.29 bits per heavy atom. The van der Waals surface area contributed by atoms with E-state index in [9.17, 15) is 0 Å². The van der Waals surface area contributed by atoms with Crippen LogP contribution < -0.4 is 15.4 Å². The van der Waals surface area contributed by atoms with Gasteiger partial charge in [-0.1, -0.05) is 19.9 Å². The van der Waals surface area contributed by atoms with E-state index in [-0.39, 0.29) is 24.0 Å². The highest BCUT2D eigenvalue weighted by Gasteiger charge is 2.06. The molecule has 2 aromatic heterocycles. The maximum Gasteiger partial charge on any atom is 0.212 e. The van der Waals surface area contributed by atoms with E-state index in [0.29, 0.717) is 24.9 Å².